The number of rotatable bonds is 8. The molecule has 0 aliphatic rings. The molecule has 0 amide bonds. The number of imidazole rings is 1. The number of aromatic amines is 1. The van der Waals surface area contributed by atoms with Crippen molar-refractivity contribution in [2.45, 2.75) is 13.0 Å². The van der Waals surface area contributed by atoms with E-state index in [9.17, 15) is 9.36 Å². The third kappa shape index (κ3) is 4.87. The van der Waals surface area contributed by atoms with Crippen molar-refractivity contribution in [3.63, 3.8) is 0 Å². The Hall–Kier alpha value is -2.25. The van der Waals surface area contributed by atoms with Crippen molar-refractivity contribution < 1.29 is 14.4 Å². The maximum absolute atomic E-state index is 11.7. The quantitative estimate of drug-likeness (QED) is 0.437. The first kappa shape index (κ1) is 18.1. The van der Waals surface area contributed by atoms with E-state index in [2.05, 4.69) is 15.0 Å². The van der Waals surface area contributed by atoms with Crippen molar-refractivity contribution in [1.82, 2.24) is 24.4 Å². The van der Waals surface area contributed by atoms with Gasteiger partial charge in [-0.3, -0.25) is 19.2 Å². The fourth-order valence-corrected chi connectivity index (χ4v) is 2.74. The molecule has 0 unspecified atom stereocenters. The van der Waals surface area contributed by atoms with Crippen LogP contribution in [0.15, 0.2) is 11.1 Å². The first-order valence-electron chi connectivity index (χ1n) is 7.14. The van der Waals surface area contributed by atoms with Gasteiger partial charge in [0, 0.05) is 32.6 Å². The number of aromatic nitrogens is 4. The third-order valence-electron chi connectivity index (χ3n) is 3.40. The molecule has 0 atom stereocenters. The van der Waals surface area contributed by atoms with Crippen LogP contribution in [0.2, 0.25) is 0 Å². The minimum atomic E-state index is -4.11. The maximum Gasteiger partial charge on any atom is 0.326 e. The molecule has 0 fully saturated rings. The van der Waals surface area contributed by atoms with E-state index in [0.29, 0.717) is 25.3 Å². The zero-order chi connectivity index (χ0) is 17.7. The molecule has 0 radical (unpaired) electrons. The molecule has 0 aliphatic carbocycles. The molecule has 0 saturated carbocycles. The lowest BCUT2D eigenvalue weighted by Crippen LogP contribution is -2.31. The number of nitrogens with one attached hydrogen (secondary N) is 1. The number of H-pyrrole nitrogens is 1. The molecule has 0 saturated heterocycles. The van der Waals surface area contributed by atoms with E-state index in [1.807, 2.05) is 6.07 Å². The van der Waals surface area contributed by atoms with Crippen LogP contribution in [0.25, 0.3) is 11.2 Å². The number of nitrogen functional groups attached to an aromatic ring is 1. The van der Waals surface area contributed by atoms with Crippen LogP contribution in [0.5, 0.6) is 0 Å². The molecule has 130 valence electrons. The highest BCUT2D eigenvalue weighted by Crippen LogP contribution is 2.33. The summed E-state index contributed by atoms with van der Waals surface area (Å²) in [5.41, 5.74) is 5.61. The summed E-state index contributed by atoms with van der Waals surface area (Å²) in [6.07, 6.45) is 1.42. The van der Waals surface area contributed by atoms with Crippen LogP contribution in [0.3, 0.4) is 0 Å². The second-order valence-corrected chi connectivity index (χ2v) is 6.98. The molecule has 11 nitrogen and oxygen atoms in total. The molecular weight excluding hydrogens is 337 g/mol. The van der Waals surface area contributed by atoms with Crippen LogP contribution >= 0.6 is 7.60 Å². The van der Waals surface area contributed by atoms with E-state index in [4.69, 9.17) is 20.8 Å². The van der Waals surface area contributed by atoms with Crippen molar-refractivity contribution in [2.75, 3.05) is 31.5 Å². The van der Waals surface area contributed by atoms with Crippen molar-refractivity contribution >= 4 is 24.7 Å². The van der Waals surface area contributed by atoms with Crippen molar-refractivity contribution in [3.8, 4) is 6.07 Å². The van der Waals surface area contributed by atoms with Gasteiger partial charge in [-0.05, 0) is 0 Å². The van der Waals surface area contributed by atoms with E-state index < -0.39 is 13.2 Å². The summed E-state index contributed by atoms with van der Waals surface area (Å²) in [5, 5.41) is 8.69. The summed E-state index contributed by atoms with van der Waals surface area (Å²) in [6, 6.07) is 2.00. The first-order chi connectivity index (χ1) is 11.3. The number of nitriles is 1. The number of anilines is 1. The molecule has 0 spiro atoms. The topological polar surface area (TPSA) is 174 Å². The van der Waals surface area contributed by atoms with E-state index in [1.54, 1.807) is 9.47 Å². The SMILES string of the molecule is N#CCCN(CCn1cnc2c(=O)[nH]c(N)nc21)CCP(=O)(O)O. The number of nitrogens with zero attached hydrogens (tertiary/aromatic N) is 5. The molecule has 24 heavy (non-hydrogen) atoms. The predicted octanol–water partition coefficient (Wildman–Crippen LogP) is -0.905. The largest absolute Gasteiger partial charge is 0.369 e. The normalized spacial score (nSPS) is 11.9. The molecule has 2 aromatic rings. The summed E-state index contributed by atoms with van der Waals surface area (Å²) in [6.45, 7) is 1.36. The van der Waals surface area contributed by atoms with E-state index in [0.717, 1.165) is 0 Å². The van der Waals surface area contributed by atoms with E-state index in [-0.39, 0.29) is 30.6 Å². The first-order valence-corrected chi connectivity index (χ1v) is 8.94. The third-order valence-corrected chi connectivity index (χ3v) is 4.18. The van der Waals surface area contributed by atoms with E-state index >= 15 is 0 Å². The molecule has 12 heteroatoms. The Bertz CT molecular complexity index is 849. The average molecular weight is 355 g/mol. The van der Waals surface area contributed by atoms with Gasteiger partial charge in [0.15, 0.2) is 11.2 Å². The zero-order valence-corrected chi connectivity index (χ0v) is 13.7. The Morgan fingerprint density at radius 2 is 2.17 bits per heavy atom. The Morgan fingerprint density at radius 3 is 2.83 bits per heavy atom. The summed E-state index contributed by atoms with van der Waals surface area (Å²) < 4.78 is 12.7. The lowest BCUT2D eigenvalue weighted by Gasteiger charge is -2.21. The molecule has 2 rings (SSSR count). The van der Waals surface area contributed by atoms with E-state index in [1.165, 1.54) is 6.33 Å². The standard InChI is InChI=1S/C12H18N7O4P/c13-2-1-3-18(6-7-24(21,22)23)4-5-19-8-15-9-10(19)16-12(14)17-11(9)20/h8H,1,3-7H2,(H2,21,22,23)(H3,14,16,17,20). The zero-order valence-electron chi connectivity index (χ0n) is 12.8. The molecular formula is C12H18N7O4P. The molecule has 2 heterocycles. The lowest BCUT2D eigenvalue weighted by atomic mass is 10.4. The summed E-state index contributed by atoms with van der Waals surface area (Å²) in [7, 11) is -4.11. The second kappa shape index (κ2) is 7.55. The monoisotopic (exact) mass is 355 g/mol. The van der Waals surface area contributed by atoms with Gasteiger partial charge >= 0.3 is 7.60 Å². The highest BCUT2D eigenvalue weighted by atomic mass is 31.2. The minimum Gasteiger partial charge on any atom is -0.369 e. The van der Waals surface area contributed by atoms with Crippen LogP contribution in [0, 0.1) is 11.3 Å². The maximum atomic E-state index is 11.7. The number of nitrogens with two attached hydrogens (primary N) is 1. The fourth-order valence-electron chi connectivity index (χ4n) is 2.20. The van der Waals surface area contributed by atoms with Gasteiger partial charge in [0.1, 0.15) is 0 Å². The average Bonchev–Trinajstić information content (AvgIpc) is 2.89. The lowest BCUT2D eigenvalue weighted by molar-refractivity contribution is 0.275. The molecule has 5 N–H and O–H groups in total. The van der Waals surface area contributed by atoms with Gasteiger partial charge in [-0.2, -0.15) is 10.2 Å². The van der Waals surface area contributed by atoms with Crippen molar-refractivity contribution in [1.29, 1.82) is 5.26 Å². The smallest absolute Gasteiger partial charge is 0.326 e. The van der Waals surface area contributed by atoms with Gasteiger partial charge in [0.25, 0.3) is 5.56 Å². The Balaban J connectivity index is 2.09. The number of fused-ring (bicyclic) bond motifs is 1. The Morgan fingerprint density at radius 1 is 1.42 bits per heavy atom. The fraction of sp³-hybridized carbons (Fsp3) is 0.500. The predicted molar refractivity (Wildman–Crippen MR) is 86.1 cm³/mol. The van der Waals surface area contributed by atoms with Gasteiger partial charge in [-0.25, -0.2) is 4.98 Å². The second-order valence-electron chi connectivity index (χ2n) is 5.20. The Kier molecular flexibility index (Phi) is 5.69. The summed E-state index contributed by atoms with van der Waals surface area (Å²) >= 11 is 0. The molecule has 0 bridgehead atoms. The van der Waals surface area contributed by atoms with Gasteiger partial charge < -0.3 is 20.1 Å². The van der Waals surface area contributed by atoms with Gasteiger partial charge in [-0.1, -0.05) is 0 Å². The highest BCUT2D eigenvalue weighted by Gasteiger charge is 2.16. The highest BCUT2D eigenvalue weighted by molar-refractivity contribution is 7.51. The van der Waals surface area contributed by atoms with Crippen LogP contribution in [-0.4, -0.2) is 60.0 Å². The number of hydrogen-bond acceptors (Lipinski definition) is 7. The van der Waals surface area contributed by atoms with Crippen LogP contribution in [0.1, 0.15) is 6.42 Å². The molecule has 2 aromatic heterocycles. The minimum absolute atomic E-state index is 0.0166. The van der Waals surface area contributed by atoms with Crippen LogP contribution in [-0.2, 0) is 11.1 Å². The van der Waals surface area contributed by atoms with Crippen molar-refractivity contribution in [2.24, 2.45) is 0 Å². The van der Waals surface area contributed by atoms with Crippen LogP contribution in [0.4, 0.5) is 5.95 Å². The van der Waals surface area contributed by atoms with Crippen LogP contribution < -0.4 is 11.3 Å². The summed E-state index contributed by atoms with van der Waals surface area (Å²) in [5.74, 6) is -0.0166. The Labute approximate surface area is 136 Å². The van der Waals surface area contributed by atoms with Gasteiger partial charge in [0.2, 0.25) is 5.95 Å². The molecule has 0 aliphatic heterocycles. The number of hydrogen-bond donors (Lipinski definition) is 4. The van der Waals surface area contributed by atoms with Gasteiger partial charge in [-0.15, -0.1) is 0 Å². The van der Waals surface area contributed by atoms with Crippen molar-refractivity contribution in [3.05, 3.63) is 16.7 Å². The molecule has 0 aromatic carbocycles. The van der Waals surface area contributed by atoms with Gasteiger partial charge in [0.05, 0.1) is 18.6 Å². The summed E-state index contributed by atoms with van der Waals surface area (Å²) in [4.78, 5) is 41.9.